The van der Waals surface area contributed by atoms with Crippen molar-refractivity contribution in [2.75, 3.05) is 13.2 Å². The number of aliphatic hydroxyl groups excluding tert-OH is 4. The van der Waals surface area contributed by atoms with Crippen LogP contribution in [0.15, 0.2) is 41.4 Å². The largest absolute Gasteiger partial charge is 2.00 e. The molecule has 1 fully saturated rings. The van der Waals surface area contributed by atoms with Crippen LogP contribution in [0.2, 0.25) is 0 Å². The molecule has 1 heterocycles. The molecule has 2 aromatic rings. The minimum absolute atomic E-state index is 0. The van der Waals surface area contributed by atoms with Gasteiger partial charge in [0.15, 0.2) is 0 Å². The summed E-state index contributed by atoms with van der Waals surface area (Å²) in [4.78, 5) is 15.2. The minimum Gasteiger partial charge on any atom is -0.508 e. The molecule has 3 rings (SSSR count). The number of carboxylic acid groups (broad SMARTS) is 1. The van der Waals surface area contributed by atoms with Crippen molar-refractivity contribution in [3.63, 3.8) is 0 Å². The molecule has 0 spiro atoms. The molecule has 2 aromatic carbocycles. The van der Waals surface area contributed by atoms with Gasteiger partial charge in [0, 0.05) is 12.1 Å². The van der Waals surface area contributed by atoms with Gasteiger partial charge in [0.25, 0.3) is 0 Å². The molecule has 1 aliphatic heterocycles. The van der Waals surface area contributed by atoms with Crippen LogP contribution in [-0.2, 0) is 35.4 Å². The summed E-state index contributed by atoms with van der Waals surface area (Å²) in [6.45, 7) is -1.33. The first kappa shape index (κ1) is 29.4. The number of carboxylic acids is 1. The molecule has 0 amide bonds. The third-order valence-corrected chi connectivity index (χ3v) is 5.44. The van der Waals surface area contributed by atoms with Crippen LogP contribution in [0, 0.1) is 0 Å². The number of carbonyl (C=O) groups is 1. The van der Waals surface area contributed by atoms with Gasteiger partial charge in [-0.25, -0.2) is 0 Å². The first-order chi connectivity index (χ1) is 16.6. The fourth-order valence-corrected chi connectivity index (χ4v) is 3.63. The Morgan fingerprint density at radius 2 is 1.64 bits per heavy atom. The van der Waals surface area contributed by atoms with Crippen molar-refractivity contribution in [3.8, 4) is 23.0 Å². The third-order valence-electron chi connectivity index (χ3n) is 5.44. The fraction of sp³-hybridized carbons (Fsp3) is 0.391. The number of aromatic hydroxyl groups is 3. The molecular formula is C23H27NO11Zn+2. The van der Waals surface area contributed by atoms with E-state index in [0.29, 0.717) is 6.42 Å². The molecule has 0 aromatic heterocycles. The molecule has 0 bridgehead atoms. The Kier molecular flexibility index (Phi) is 10.6. The number of benzene rings is 2. The van der Waals surface area contributed by atoms with E-state index in [0.717, 1.165) is 17.7 Å². The topological polar surface area (TPSA) is 210 Å². The van der Waals surface area contributed by atoms with Crippen molar-refractivity contribution < 1.29 is 74.6 Å². The van der Waals surface area contributed by atoms with E-state index in [2.05, 4.69) is 4.99 Å². The maximum atomic E-state index is 11.2. The Bertz CT molecular complexity index is 1060. The number of hydrogen-bond acceptors (Lipinski definition) is 11. The van der Waals surface area contributed by atoms with Gasteiger partial charge in [-0.15, -0.1) is 0 Å². The van der Waals surface area contributed by atoms with Gasteiger partial charge in [0.1, 0.15) is 54.0 Å². The number of nitrogens with zero attached hydrogens (tertiary/aromatic N) is 1. The summed E-state index contributed by atoms with van der Waals surface area (Å²) in [5, 5.41) is 78.9. The van der Waals surface area contributed by atoms with E-state index < -0.39 is 61.3 Å². The first-order valence-electron chi connectivity index (χ1n) is 10.7. The van der Waals surface area contributed by atoms with Gasteiger partial charge in [-0.1, -0.05) is 12.1 Å². The van der Waals surface area contributed by atoms with Crippen LogP contribution in [0.4, 0.5) is 0 Å². The number of aryl methyl sites for hydroxylation is 1. The summed E-state index contributed by atoms with van der Waals surface area (Å²) in [7, 11) is 0. The Hall–Kier alpha value is -2.80. The molecule has 0 saturated carbocycles. The second kappa shape index (κ2) is 13.0. The molecule has 0 unspecified atom stereocenters. The Morgan fingerprint density at radius 3 is 2.25 bits per heavy atom. The Morgan fingerprint density at radius 1 is 0.972 bits per heavy atom. The van der Waals surface area contributed by atoms with Crippen LogP contribution >= 0.6 is 0 Å². The van der Waals surface area contributed by atoms with Gasteiger partial charge in [-0.3, -0.25) is 9.79 Å². The number of ether oxygens (including phenoxy) is 2. The first-order valence-corrected chi connectivity index (χ1v) is 10.7. The molecule has 0 radical (unpaired) electrons. The number of aliphatic hydroxyl groups is 4. The van der Waals surface area contributed by atoms with Crippen molar-refractivity contribution >= 4 is 11.7 Å². The van der Waals surface area contributed by atoms with E-state index in [1.807, 2.05) is 0 Å². The van der Waals surface area contributed by atoms with Crippen molar-refractivity contribution in [3.05, 3.63) is 47.5 Å². The summed E-state index contributed by atoms with van der Waals surface area (Å²) in [5.74, 6) is -2.34. The number of aliphatic imine (C=N–C) groups is 1. The number of hydrogen-bond donors (Lipinski definition) is 8. The summed E-state index contributed by atoms with van der Waals surface area (Å²) >= 11 is 0. The molecule has 8 N–H and O–H groups in total. The number of aliphatic carboxylic acids is 1. The van der Waals surface area contributed by atoms with Crippen molar-refractivity contribution in [1.82, 2.24) is 0 Å². The molecular weight excluding hydrogens is 532 g/mol. The van der Waals surface area contributed by atoms with Crippen molar-refractivity contribution in [1.29, 1.82) is 0 Å². The quantitative estimate of drug-likeness (QED) is 0.145. The zero-order chi connectivity index (χ0) is 25.7. The molecule has 1 saturated heterocycles. The van der Waals surface area contributed by atoms with Gasteiger partial charge >= 0.3 is 25.4 Å². The average Bonchev–Trinajstić information content (AvgIpc) is 2.81. The fourth-order valence-electron chi connectivity index (χ4n) is 3.63. The van der Waals surface area contributed by atoms with Gasteiger partial charge in [0.05, 0.1) is 17.9 Å². The molecule has 1 aliphatic rings. The molecule has 5 atom stereocenters. The van der Waals surface area contributed by atoms with E-state index in [1.165, 1.54) is 12.1 Å². The molecule has 190 valence electrons. The zero-order valence-electron chi connectivity index (χ0n) is 19.1. The summed E-state index contributed by atoms with van der Waals surface area (Å²) < 4.78 is 11.0. The average molecular weight is 559 g/mol. The van der Waals surface area contributed by atoms with Crippen LogP contribution in [0.5, 0.6) is 23.0 Å². The van der Waals surface area contributed by atoms with Gasteiger partial charge in [-0.05, 0) is 30.5 Å². The van der Waals surface area contributed by atoms with Crippen LogP contribution in [0.1, 0.15) is 17.5 Å². The number of phenolic OH excluding ortho intramolecular Hbond substituents is 3. The second-order valence-electron chi connectivity index (χ2n) is 7.98. The van der Waals surface area contributed by atoms with E-state index in [9.17, 15) is 40.5 Å². The van der Waals surface area contributed by atoms with Crippen LogP contribution in [0.3, 0.4) is 0 Å². The molecule has 12 nitrogen and oxygen atoms in total. The van der Waals surface area contributed by atoms with E-state index in [1.54, 1.807) is 12.1 Å². The van der Waals surface area contributed by atoms with Crippen molar-refractivity contribution in [2.45, 2.75) is 43.5 Å². The summed E-state index contributed by atoms with van der Waals surface area (Å²) in [6.07, 6.45) is -7.55. The Labute approximate surface area is 218 Å². The van der Waals surface area contributed by atoms with Crippen LogP contribution in [0.25, 0.3) is 0 Å². The van der Waals surface area contributed by atoms with E-state index in [-0.39, 0.29) is 48.7 Å². The summed E-state index contributed by atoms with van der Waals surface area (Å²) in [6, 6.07) is 8.35. The number of phenols is 3. The summed E-state index contributed by atoms with van der Waals surface area (Å²) in [5.41, 5.74) is 0.790. The van der Waals surface area contributed by atoms with E-state index in [4.69, 9.17) is 14.6 Å². The van der Waals surface area contributed by atoms with Gasteiger partial charge in [-0.2, -0.15) is 0 Å². The zero-order valence-corrected chi connectivity index (χ0v) is 22.1. The Balaban J connectivity index is 0.00000456. The van der Waals surface area contributed by atoms with Crippen LogP contribution in [-0.4, -0.2) is 96.4 Å². The normalized spacial score (nSPS) is 24.1. The maximum Gasteiger partial charge on any atom is 2.00 e. The van der Waals surface area contributed by atoms with Crippen molar-refractivity contribution in [2.24, 2.45) is 4.99 Å². The molecule has 13 heteroatoms. The maximum absolute atomic E-state index is 11.2. The van der Waals surface area contributed by atoms with Crippen LogP contribution < -0.4 is 4.74 Å². The van der Waals surface area contributed by atoms with Gasteiger partial charge < -0.3 is 50.3 Å². The molecule has 0 aliphatic carbocycles. The minimum atomic E-state index is -1.76. The van der Waals surface area contributed by atoms with E-state index >= 15 is 0 Å². The standard InChI is InChI=1S/C23H27NO11.Zn/c25-10-17-20(31)21(32)22(33)23(35-17)34-16-8-13(27)7-15(28)19(16)14(24-9-18(29)30)6-3-11-1-4-12(26)5-2-11;/h1-2,4-5,7-8,17,20-23,25-28,31-33H,3,6,9-10H2,(H,29,30);/q;+2/t17-,20-,21+,22-,23-;/m1./s1. The number of rotatable bonds is 9. The SMILES string of the molecule is O=C(O)CN=C(CCc1ccc(O)cc1)c1c(O)cc(O)cc1O[C@@H]1O[C@H](CO)[C@@H](O)[C@H](O)[C@H]1O.[Zn+2]. The smallest absolute Gasteiger partial charge is 0.508 e. The van der Waals surface area contributed by atoms with Gasteiger partial charge in [0.2, 0.25) is 6.29 Å². The second-order valence-corrected chi connectivity index (χ2v) is 7.98. The third kappa shape index (κ3) is 7.13. The monoisotopic (exact) mass is 557 g/mol. The predicted molar refractivity (Wildman–Crippen MR) is 120 cm³/mol. The molecule has 36 heavy (non-hydrogen) atoms. The predicted octanol–water partition coefficient (Wildman–Crippen LogP) is -0.514.